The lowest BCUT2D eigenvalue weighted by atomic mass is 10.1. The van der Waals surface area contributed by atoms with Gasteiger partial charge in [-0.15, -0.1) is 0 Å². The van der Waals surface area contributed by atoms with Gasteiger partial charge >= 0.3 is 0 Å². The standard InChI is InChI=1S/C31H27N3/c1-23(16-17-24-10-4-2-5-11-24)22-28(32)25-18-20-26(21-19-25)31-33-29-14-8-9-15-30(29)34(31)27-12-6-3-7-13-27/h2-16,18-22H,17,32H2,1H3/b23-16-,28-22-. The zero-order valence-electron chi connectivity index (χ0n) is 19.2. The van der Waals surface area contributed by atoms with Crippen LogP contribution in [0.2, 0.25) is 0 Å². The maximum absolute atomic E-state index is 6.44. The molecule has 0 bridgehead atoms. The fraction of sp³-hybridized carbons (Fsp3) is 0.0645. The van der Waals surface area contributed by atoms with E-state index in [4.69, 9.17) is 10.7 Å². The molecular formula is C31H27N3. The molecule has 0 aliphatic carbocycles. The molecule has 166 valence electrons. The topological polar surface area (TPSA) is 43.8 Å². The third-order valence-corrected chi connectivity index (χ3v) is 5.94. The van der Waals surface area contributed by atoms with Crippen molar-refractivity contribution < 1.29 is 0 Å². The van der Waals surface area contributed by atoms with Gasteiger partial charge in [-0.3, -0.25) is 4.57 Å². The van der Waals surface area contributed by atoms with Crippen molar-refractivity contribution >= 4 is 16.7 Å². The van der Waals surface area contributed by atoms with Gasteiger partial charge in [-0.2, -0.15) is 0 Å². The van der Waals surface area contributed by atoms with Crippen molar-refractivity contribution in [1.29, 1.82) is 0 Å². The summed E-state index contributed by atoms with van der Waals surface area (Å²) >= 11 is 0. The summed E-state index contributed by atoms with van der Waals surface area (Å²) in [7, 11) is 0. The largest absolute Gasteiger partial charge is 0.398 e. The second-order valence-corrected chi connectivity index (χ2v) is 8.41. The van der Waals surface area contributed by atoms with E-state index in [1.54, 1.807) is 0 Å². The molecular weight excluding hydrogens is 414 g/mol. The summed E-state index contributed by atoms with van der Waals surface area (Å²) in [5.41, 5.74) is 14.8. The van der Waals surface area contributed by atoms with Gasteiger partial charge in [0.05, 0.1) is 11.0 Å². The summed E-state index contributed by atoms with van der Waals surface area (Å²) in [6, 6.07) is 37.4. The highest BCUT2D eigenvalue weighted by atomic mass is 15.1. The van der Waals surface area contributed by atoms with Crippen molar-refractivity contribution in [3.8, 4) is 17.1 Å². The highest BCUT2D eigenvalue weighted by Gasteiger charge is 2.14. The molecule has 0 fully saturated rings. The minimum absolute atomic E-state index is 0.755. The summed E-state index contributed by atoms with van der Waals surface area (Å²) in [6.07, 6.45) is 5.14. The predicted molar refractivity (Wildman–Crippen MR) is 143 cm³/mol. The zero-order valence-corrected chi connectivity index (χ0v) is 19.2. The molecule has 0 aliphatic rings. The Kier molecular flexibility index (Phi) is 6.09. The Morgan fingerprint density at radius 1 is 0.794 bits per heavy atom. The average Bonchev–Trinajstić information content (AvgIpc) is 3.28. The Hall–Kier alpha value is -4.37. The van der Waals surface area contributed by atoms with Crippen LogP contribution < -0.4 is 5.73 Å². The Bertz CT molecular complexity index is 1460. The van der Waals surface area contributed by atoms with Gasteiger partial charge < -0.3 is 5.73 Å². The normalized spacial score (nSPS) is 12.3. The van der Waals surface area contributed by atoms with Gasteiger partial charge in [0, 0.05) is 16.9 Å². The molecule has 5 rings (SSSR count). The van der Waals surface area contributed by atoms with Crippen molar-refractivity contribution in [1.82, 2.24) is 9.55 Å². The van der Waals surface area contributed by atoms with E-state index >= 15 is 0 Å². The van der Waals surface area contributed by atoms with Gasteiger partial charge in [-0.25, -0.2) is 4.98 Å². The van der Waals surface area contributed by atoms with Crippen LogP contribution in [0.5, 0.6) is 0 Å². The Labute approximate surface area is 200 Å². The van der Waals surface area contributed by atoms with Crippen LogP contribution in [0.25, 0.3) is 33.8 Å². The number of nitrogens with two attached hydrogens (primary N) is 1. The van der Waals surface area contributed by atoms with Gasteiger partial charge in [-0.1, -0.05) is 96.6 Å². The van der Waals surface area contributed by atoms with Crippen molar-refractivity contribution in [2.75, 3.05) is 0 Å². The number of rotatable bonds is 6. The van der Waals surface area contributed by atoms with Crippen LogP contribution in [0.3, 0.4) is 0 Å². The lowest BCUT2D eigenvalue weighted by Gasteiger charge is -2.10. The number of hydrogen-bond acceptors (Lipinski definition) is 2. The molecule has 0 unspecified atom stereocenters. The highest BCUT2D eigenvalue weighted by Crippen LogP contribution is 2.29. The van der Waals surface area contributed by atoms with Crippen molar-refractivity contribution in [2.24, 2.45) is 5.73 Å². The molecule has 0 aliphatic heterocycles. The minimum Gasteiger partial charge on any atom is -0.398 e. The van der Waals surface area contributed by atoms with Crippen LogP contribution in [0, 0.1) is 0 Å². The smallest absolute Gasteiger partial charge is 0.145 e. The SMILES string of the molecule is CC(=C/Cc1ccccc1)/C=C(\N)c1ccc(-c2nc3ccccc3n2-c2ccccc2)cc1. The first-order valence-corrected chi connectivity index (χ1v) is 11.5. The molecule has 3 nitrogen and oxygen atoms in total. The molecule has 0 saturated heterocycles. The molecule has 0 atom stereocenters. The molecule has 1 heterocycles. The van der Waals surface area contributed by atoms with Gasteiger partial charge in [0.25, 0.3) is 0 Å². The third kappa shape index (κ3) is 4.55. The van der Waals surface area contributed by atoms with E-state index in [-0.39, 0.29) is 0 Å². The summed E-state index contributed by atoms with van der Waals surface area (Å²) in [5, 5.41) is 0. The van der Waals surface area contributed by atoms with Gasteiger partial charge in [0.15, 0.2) is 0 Å². The number of benzene rings is 4. The lowest BCUT2D eigenvalue weighted by Crippen LogP contribution is -1.99. The number of para-hydroxylation sites is 3. The Morgan fingerprint density at radius 2 is 1.44 bits per heavy atom. The van der Waals surface area contributed by atoms with Crippen molar-refractivity contribution in [2.45, 2.75) is 13.3 Å². The fourth-order valence-electron chi connectivity index (χ4n) is 4.15. The Morgan fingerprint density at radius 3 is 2.18 bits per heavy atom. The van der Waals surface area contributed by atoms with Gasteiger partial charge in [-0.05, 0) is 54.8 Å². The van der Waals surface area contributed by atoms with E-state index in [0.29, 0.717) is 0 Å². The van der Waals surface area contributed by atoms with Crippen LogP contribution in [0.15, 0.2) is 127 Å². The molecule has 0 radical (unpaired) electrons. The van der Waals surface area contributed by atoms with Crippen LogP contribution in [0.1, 0.15) is 18.1 Å². The van der Waals surface area contributed by atoms with Gasteiger partial charge in [0.2, 0.25) is 0 Å². The molecule has 1 aromatic heterocycles. The molecule has 34 heavy (non-hydrogen) atoms. The molecule has 4 aromatic carbocycles. The van der Waals surface area contributed by atoms with Crippen LogP contribution in [0.4, 0.5) is 0 Å². The van der Waals surface area contributed by atoms with E-state index < -0.39 is 0 Å². The van der Waals surface area contributed by atoms with Gasteiger partial charge in [0.1, 0.15) is 5.82 Å². The second kappa shape index (κ2) is 9.63. The highest BCUT2D eigenvalue weighted by molar-refractivity contribution is 5.83. The van der Waals surface area contributed by atoms with Crippen molar-refractivity contribution in [3.63, 3.8) is 0 Å². The van der Waals surface area contributed by atoms with E-state index in [2.05, 4.69) is 109 Å². The van der Waals surface area contributed by atoms with Crippen LogP contribution in [-0.4, -0.2) is 9.55 Å². The summed E-state index contributed by atoms with van der Waals surface area (Å²) in [4.78, 5) is 4.94. The minimum atomic E-state index is 0.755. The fourth-order valence-corrected chi connectivity index (χ4v) is 4.15. The van der Waals surface area contributed by atoms with Crippen LogP contribution in [-0.2, 0) is 6.42 Å². The number of nitrogens with zero attached hydrogens (tertiary/aromatic N) is 2. The summed E-state index contributed by atoms with van der Waals surface area (Å²) in [5.74, 6) is 0.917. The molecule has 0 spiro atoms. The first-order valence-electron chi connectivity index (χ1n) is 11.5. The Balaban J connectivity index is 1.44. The number of imidazole rings is 1. The summed E-state index contributed by atoms with van der Waals surface area (Å²) < 4.78 is 2.21. The molecule has 2 N–H and O–H groups in total. The lowest BCUT2D eigenvalue weighted by molar-refractivity contribution is 1.10. The first kappa shape index (κ1) is 21.5. The average molecular weight is 442 g/mol. The van der Waals surface area contributed by atoms with E-state index in [1.165, 1.54) is 5.56 Å². The maximum Gasteiger partial charge on any atom is 0.145 e. The first-order chi connectivity index (χ1) is 16.7. The monoisotopic (exact) mass is 441 g/mol. The molecule has 0 amide bonds. The second-order valence-electron chi connectivity index (χ2n) is 8.41. The molecule has 3 heteroatoms. The van der Waals surface area contributed by atoms with E-state index in [9.17, 15) is 0 Å². The van der Waals surface area contributed by atoms with E-state index in [0.717, 1.165) is 51.4 Å². The maximum atomic E-state index is 6.44. The third-order valence-electron chi connectivity index (χ3n) is 5.94. The number of allylic oxidation sites excluding steroid dienone is 3. The molecule has 5 aromatic rings. The summed E-state index contributed by atoms with van der Waals surface area (Å²) in [6.45, 7) is 2.09. The van der Waals surface area contributed by atoms with Crippen molar-refractivity contribution in [3.05, 3.63) is 138 Å². The van der Waals surface area contributed by atoms with E-state index in [1.807, 2.05) is 24.3 Å². The quantitative estimate of drug-likeness (QED) is 0.284. The zero-order chi connectivity index (χ0) is 23.3. The molecule has 0 saturated carbocycles. The predicted octanol–water partition coefficient (Wildman–Crippen LogP) is 7.18. The van der Waals surface area contributed by atoms with Crippen LogP contribution >= 0.6 is 0 Å². The number of aromatic nitrogens is 2. The number of hydrogen-bond donors (Lipinski definition) is 1. The number of fused-ring (bicyclic) bond motifs is 1.